The van der Waals surface area contributed by atoms with Crippen LogP contribution in [-0.4, -0.2) is 33.6 Å². The molecule has 1 fully saturated rings. The fourth-order valence-corrected chi connectivity index (χ4v) is 4.54. The molecule has 0 radical (unpaired) electrons. The van der Waals surface area contributed by atoms with E-state index in [4.69, 9.17) is 4.42 Å². The van der Waals surface area contributed by atoms with Gasteiger partial charge in [0.25, 0.3) is 5.91 Å². The standard InChI is InChI=1S/C28H27N3O2/c1-20-7-5-10-24(19-20)27-30-29-26(33-27)22-13-15-23(16-14-22)28(32)31-18-6-11-25(31)17-12-21-8-3-2-4-9-21/h2-5,7-10,13-16,19,25H,6,11-12,17-18H2,1H3. The van der Waals surface area contributed by atoms with E-state index in [9.17, 15) is 4.79 Å². The molecule has 0 N–H and O–H groups in total. The van der Waals surface area contributed by atoms with Crippen LogP contribution in [0.4, 0.5) is 0 Å². The van der Waals surface area contributed by atoms with Crippen molar-refractivity contribution in [3.05, 3.63) is 95.6 Å². The Kier molecular flexibility index (Phi) is 6.03. The number of amides is 1. The Morgan fingerprint density at radius 2 is 1.70 bits per heavy atom. The van der Waals surface area contributed by atoms with Gasteiger partial charge in [0.15, 0.2) is 0 Å². The van der Waals surface area contributed by atoms with Crippen molar-refractivity contribution in [2.75, 3.05) is 6.54 Å². The molecule has 0 bridgehead atoms. The molecule has 0 saturated carbocycles. The van der Waals surface area contributed by atoms with E-state index < -0.39 is 0 Å². The first-order chi connectivity index (χ1) is 16.2. The number of benzene rings is 3. The van der Waals surface area contributed by atoms with Gasteiger partial charge in [0.05, 0.1) is 0 Å². The minimum absolute atomic E-state index is 0.100. The highest BCUT2D eigenvalue weighted by Gasteiger charge is 2.29. The molecular weight excluding hydrogens is 410 g/mol. The Bertz CT molecular complexity index is 1230. The van der Waals surface area contributed by atoms with Gasteiger partial charge in [0.2, 0.25) is 11.8 Å². The minimum atomic E-state index is 0.100. The molecule has 1 amide bonds. The first-order valence-electron chi connectivity index (χ1n) is 11.5. The van der Waals surface area contributed by atoms with Crippen molar-refractivity contribution in [2.24, 2.45) is 0 Å². The molecule has 5 heteroatoms. The molecule has 1 aliphatic rings. The summed E-state index contributed by atoms with van der Waals surface area (Å²) in [6, 6.07) is 26.3. The summed E-state index contributed by atoms with van der Waals surface area (Å²) in [6.07, 6.45) is 4.12. The number of rotatable bonds is 6. The highest BCUT2D eigenvalue weighted by Crippen LogP contribution is 2.27. The van der Waals surface area contributed by atoms with Crippen molar-refractivity contribution in [3.63, 3.8) is 0 Å². The van der Waals surface area contributed by atoms with Crippen molar-refractivity contribution in [3.8, 4) is 22.9 Å². The van der Waals surface area contributed by atoms with Gasteiger partial charge in [-0.05, 0) is 74.6 Å². The monoisotopic (exact) mass is 437 g/mol. The van der Waals surface area contributed by atoms with E-state index in [0.717, 1.165) is 48.9 Å². The minimum Gasteiger partial charge on any atom is -0.416 e. The smallest absolute Gasteiger partial charge is 0.254 e. The van der Waals surface area contributed by atoms with Crippen LogP contribution in [0.2, 0.25) is 0 Å². The summed E-state index contributed by atoms with van der Waals surface area (Å²) >= 11 is 0. The van der Waals surface area contributed by atoms with Crippen LogP contribution in [0.25, 0.3) is 22.9 Å². The van der Waals surface area contributed by atoms with Crippen molar-refractivity contribution in [1.82, 2.24) is 15.1 Å². The number of carbonyl (C=O) groups excluding carboxylic acids is 1. The molecule has 3 aromatic carbocycles. The molecule has 1 aromatic heterocycles. The number of hydrogen-bond donors (Lipinski definition) is 0. The molecule has 5 nitrogen and oxygen atoms in total. The number of carbonyl (C=O) groups is 1. The van der Waals surface area contributed by atoms with Crippen LogP contribution in [0.1, 0.15) is 40.7 Å². The molecule has 166 valence electrons. The van der Waals surface area contributed by atoms with Gasteiger partial charge in [-0.1, -0.05) is 48.0 Å². The number of likely N-dealkylation sites (tertiary alicyclic amines) is 1. The summed E-state index contributed by atoms with van der Waals surface area (Å²) in [7, 11) is 0. The molecule has 1 atom stereocenters. The van der Waals surface area contributed by atoms with Crippen molar-refractivity contribution >= 4 is 5.91 Å². The largest absolute Gasteiger partial charge is 0.416 e. The second-order valence-electron chi connectivity index (χ2n) is 8.68. The molecule has 5 rings (SSSR count). The molecule has 0 spiro atoms. The highest BCUT2D eigenvalue weighted by molar-refractivity contribution is 5.95. The lowest BCUT2D eigenvalue weighted by atomic mass is 10.0. The summed E-state index contributed by atoms with van der Waals surface area (Å²) in [6.45, 7) is 2.85. The van der Waals surface area contributed by atoms with E-state index in [0.29, 0.717) is 23.4 Å². The Morgan fingerprint density at radius 1 is 0.939 bits per heavy atom. The van der Waals surface area contributed by atoms with Crippen molar-refractivity contribution < 1.29 is 9.21 Å². The molecule has 2 heterocycles. The molecule has 4 aromatic rings. The summed E-state index contributed by atoms with van der Waals surface area (Å²) < 4.78 is 5.88. The van der Waals surface area contributed by atoms with Crippen LogP contribution in [0, 0.1) is 6.92 Å². The number of hydrogen-bond acceptors (Lipinski definition) is 4. The van der Waals surface area contributed by atoms with Gasteiger partial charge < -0.3 is 9.32 Å². The maximum Gasteiger partial charge on any atom is 0.254 e. The Balaban J connectivity index is 1.27. The molecule has 1 aliphatic heterocycles. The van der Waals surface area contributed by atoms with Gasteiger partial charge in [-0.2, -0.15) is 0 Å². The quantitative estimate of drug-likeness (QED) is 0.374. The summed E-state index contributed by atoms with van der Waals surface area (Å²) in [5.74, 6) is 1.04. The van der Waals surface area contributed by atoms with Gasteiger partial charge in [-0.15, -0.1) is 10.2 Å². The third kappa shape index (κ3) is 4.72. The normalized spacial score (nSPS) is 15.7. The van der Waals surface area contributed by atoms with Gasteiger partial charge in [0, 0.05) is 29.3 Å². The Labute approximate surface area is 194 Å². The van der Waals surface area contributed by atoms with Crippen LogP contribution in [-0.2, 0) is 6.42 Å². The lowest BCUT2D eigenvalue weighted by Crippen LogP contribution is -2.35. The second kappa shape index (κ2) is 9.41. The van der Waals surface area contributed by atoms with E-state index in [2.05, 4.69) is 34.5 Å². The average Bonchev–Trinajstić information content (AvgIpc) is 3.53. The number of nitrogens with zero attached hydrogens (tertiary/aromatic N) is 3. The molecule has 1 saturated heterocycles. The van der Waals surface area contributed by atoms with Crippen LogP contribution in [0.5, 0.6) is 0 Å². The van der Waals surface area contributed by atoms with Gasteiger partial charge in [-0.3, -0.25) is 4.79 Å². The van der Waals surface area contributed by atoms with Gasteiger partial charge in [0.1, 0.15) is 0 Å². The predicted molar refractivity (Wildman–Crippen MR) is 129 cm³/mol. The summed E-state index contributed by atoms with van der Waals surface area (Å²) in [5, 5.41) is 8.39. The van der Waals surface area contributed by atoms with Crippen LogP contribution in [0.15, 0.2) is 83.3 Å². The van der Waals surface area contributed by atoms with E-state index >= 15 is 0 Å². The van der Waals surface area contributed by atoms with E-state index in [-0.39, 0.29) is 5.91 Å². The van der Waals surface area contributed by atoms with E-state index in [1.807, 2.05) is 66.4 Å². The van der Waals surface area contributed by atoms with Crippen molar-refractivity contribution in [1.29, 1.82) is 0 Å². The van der Waals surface area contributed by atoms with Crippen LogP contribution in [0.3, 0.4) is 0 Å². The van der Waals surface area contributed by atoms with Crippen molar-refractivity contribution in [2.45, 2.75) is 38.6 Å². The zero-order valence-corrected chi connectivity index (χ0v) is 18.8. The van der Waals surface area contributed by atoms with E-state index in [1.165, 1.54) is 5.56 Å². The van der Waals surface area contributed by atoms with Crippen LogP contribution >= 0.6 is 0 Å². The molecule has 33 heavy (non-hydrogen) atoms. The zero-order valence-electron chi connectivity index (χ0n) is 18.8. The van der Waals surface area contributed by atoms with Gasteiger partial charge in [-0.25, -0.2) is 0 Å². The van der Waals surface area contributed by atoms with Crippen LogP contribution < -0.4 is 0 Å². The first-order valence-corrected chi connectivity index (χ1v) is 11.5. The fourth-order valence-electron chi connectivity index (χ4n) is 4.54. The first kappa shape index (κ1) is 21.1. The number of aryl methyl sites for hydroxylation is 2. The zero-order chi connectivity index (χ0) is 22.6. The SMILES string of the molecule is Cc1cccc(-c2nnc(-c3ccc(C(=O)N4CCCC4CCc4ccccc4)cc3)o2)c1. The van der Waals surface area contributed by atoms with Gasteiger partial charge >= 0.3 is 0 Å². The maximum absolute atomic E-state index is 13.2. The average molecular weight is 438 g/mol. The Morgan fingerprint density at radius 3 is 2.45 bits per heavy atom. The topological polar surface area (TPSA) is 59.2 Å². The number of aromatic nitrogens is 2. The maximum atomic E-state index is 13.2. The highest BCUT2D eigenvalue weighted by atomic mass is 16.4. The van der Waals surface area contributed by atoms with E-state index in [1.54, 1.807) is 0 Å². The fraction of sp³-hybridized carbons (Fsp3) is 0.250. The third-order valence-corrected chi connectivity index (χ3v) is 6.32. The lowest BCUT2D eigenvalue weighted by molar-refractivity contribution is 0.0730. The second-order valence-corrected chi connectivity index (χ2v) is 8.68. The summed E-state index contributed by atoms with van der Waals surface area (Å²) in [4.78, 5) is 15.3. The third-order valence-electron chi connectivity index (χ3n) is 6.32. The predicted octanol–water partition coefficient (Wildman–Crippen LogP) is 5.95. The lowest BCUT2D eigenvalue weighted by Gasteiger charge is -2.25. The summed E-state index contributed by atoms with van der Waals surface area (Å²) in [5.41, 5.74) is 4.87. The molecule has 0 aliphatic carbocycles. The Hall–Kier alpha value is -3.73. The molecule has 1 unspecified atom stereocenters. The molecular formula is C28H27N3O2.